The van der Waals surface area contributed by atoms with Gasteiger partial charge in [-0.1, -0.05) is 6.92 Å². The lowest BCUT2D eigenvalue weighted by Gasteiger charge is -1.90. The summed E-state index contributed by atoms with van der Waals surface area (Å²) in [6, 6.07) is 0. The summed E-state index contributed by atoms with van der Waals surface area (Å²) in [5, 5.41) is 4.18. The third kappa shape index (κ3) is 1.85. The summed E-state index contributed by atoms with van der Waals surface area (Å²) in [5.74, 6) is 0.166. The summed E-state index contributed by atoms with van der Waals surface area (Å²) < 4.78 is 2.59. The monoisotopic (exact) mass is 278 g/mol. The molecule has 0 saturated carbocycles. The number of aromatic nitrogens is 2. The van der Waals surface area contributed by atoms with Crippen LogP contribution in [0, 0.1) is 3.70 Å². The van der Waals surface area contributed by atoms with Gasteiger partial charge in [0.15, 0.2) is 5.78 Å². The molecule has 66 valence electrons. The standard InChI is InChI=1S/C8H11IN2O/c1-3-7(12)6-5-11(4-2)10-8(6)9/h5H,3-4H2,1-2H3. The van der Waals surface area contributed by atoms with E-state index >= 15 is 0 Å². The second-order valence-electron chi connectivity index (χ2n) is 2.47. The molecule has 0 bridgehead atoms. The molecule has 0 aliphatic heterocycles. The minimum atomic E-state index is 0.166. The molecule has 1 rings (SSSR count). The van der Waals surface area contributed by atoms with Crippen LogP contribution >= 0.6 is 22.6 Å². The summed E-state index contributed by atoms with van der Waals surface area (Å²) in [7, 11) is 0. The minimum absolute atomic E-state index is 0.166. The highest BCUT2D eigenvalue weighted by molar-refractivity contribution is 14.1. The van der Waals surface area contributed by atoms with E-state index in [1.807, 2.05) is 20.0 Å². The van der Waals surface area contributed by atoms with Gasteiger partial charge in [-0.3, -0.25) is 9.48 Å². The molecule has 0 unspecified atom stereocenters. The molecule has 0 saturated heterocycles. The maximum Gasteiger partial charge on any atom is 0.166 e. The van der Waals surface area contributed by atoms with Crippen molar-refractivity contribution >= 4 is 28.4 Å². The van der Waals surface area contributed by atoms with Gasteiger partial charge in [0.05, 0.1) is 5.56 Å². The molecular formula is C8H11IN2O. The van der Waals surface area contributed by atoms with Crippen molar-refractivity contribution in [3.63, 3.8) is 0 Å². The van der Waals surface area contributed by atoms with Crippen LogP contribution in [0.25, 0.3) is 0 Å². The summed E-state index contributed by atoms with van der Waals surface area (Å²) in [6.45, 7) is 4.68. The Morgan fingerprint density at radius 1 is 1.67 bits per heavy atom. The van der Waals surface area contributed by atoms with Gasteiger partial charge >= 0.3 is 0 Å². The average molecular weight is 278 g/mol. The zero-order chi connectivity index (χ0) is 9.14. The lowest BCUT2D eigenvalue weighted by molar-refractivity contribution is 0.0987. The maximum atomic E-state index is 11.3. The molecule has 1 aromatic rings. The van der Waals surface area contributed by atoms with E-state index in [1.54, 1.807) is 4.68 Å². The average Bonchev–Trinajstić information content (AvgIpc) is 2.45. The quantitative estimate of drug-likeness (QED) is 0.627. The van der Waals surface area contributed by atoms with Crippen LogP contribution in [0.4, 0.5) is 0 Å². The van der Waals surface area contributed by atoms with E-state index in [1.165, 1.54) is 0 Å². The van der Waals surface area contributed by atoms with E-state index in [-0.39, 0.29) is 5.78 Å². The van der Waals surface area contributed by atoms with Crippen LogP contribution in [0.2, 0.25) is 0 Å². The predicted molar refractivity (Wildman–Crippen MR) is 55.2 cm³/mol. The van der Waals surface area contributed by atoms with E-state index in [0.29, 0.717) is 6.42 Å². The first-order valence-corrected chi connectivity index (χ1v) is 5.03. The SMILES string of the molecule is CCC(=O)c1cn(CC)nc1I. The molecule has 0 fully saturated rings. The van der Waals surface area contributed by atoms with Gasteiger partial charge < -0.3 is 0 Å². The van der Waals surface area contributed by atoms with Gasteiger partial charge in [0.2, 0.25) is 0 Å². The van der Waals surface area contributed by atoms with Crippen molar-refractivity contribution in [2.24, 2.45) is 0 Å². The molecular weight excluding hydrogens is 267 g/mol. The Hall–Kier alpha value is -0.390. The first kappa shape index (κ1) is 9.70. The van der Waals surface area contributed by atoms with Gasteiger partial charge in [0.25, 0.3) is 0 Å². The Morgan fingerprint density at radius 3 is 2.75 bits per heavy atom. The topological polar surface area (TPSA) is 34.9 Å². The van der Waals surface area contributed by atoms with Gasteiger partial charge in [-0.25, -0.2) is 0 Å². The van der Waals surface area contributed by atoms with Crippen molar-refractivity contribution < 1.29 is 4.79 Å². The predicted octanol–water partition coefficient (Wildman–Crippen LogP) is 2.10. The smallest absolute Gasteiger partial charge is 0.166 e. The van der Waals surface area contributed by atoms with Crippen LogP contribution in [-0.2, 0) is 6.54 Å². The first-order chi connectivity index (χ1) is 5.69. The van der Waals surface area contributed by atoms with Crippen molar-refractivity contribution in [2.45, 2.75) is 26.8 Å². The van der Waals surface area contributed by atoms with Crippen LogP contribution in [0.3, 0.4) is 0 Å². The third-order valence-electron chi connectivity index (χ3n) is 1.66. The maximum absolute atomic E-state index is 11.3. The molecule has 0 atom stereocenters. The largest absolute Gasteiger partial charge is 0.294 e. The number of ketones is 1. The molecule has 1 aromatic heterocycles. The van der Waals surface area contributed by atoms with Crippen molar-refractivity contribution in [2.75, 3.05) is 0 Å². The normalized spacial score (nSPS) is 10.2. The first-order valence-electron chi connectivity index (χ1n) is 3.95. The molecule has 0 amide bonds. The molecule has 1 heterocycles. The van der Waals surface area contributed by atoms with Gasteiger partial charge in [0, 0.05) is 19.2 Å². The Morgan fingerprint density at radius 2 is 2.33 bits per heavy atom. The lowest BCUT2D eigenvalue weighted by Crippen LogP contribution is -1.96. The second kappa shape index (κ2) is 4.02. The zero-order valence-electron chi connectivity index (χ0n) is 7.17. The van der Waals surface area contributed by atoms with E-state index in [2.05, 4.69) is 27.7 Å². The van der Waals surface area contributed by atoms with Crippen molar-refractivity contribution in [1.82, 2.24) is 9.78 Å². The van der Waals surface area contributed by atoms with Crippen LogP contribution < -0.4 is 0 Å². The molecule has 0 aliphatic rings. The highest BCUT2D eigenvalue weighted by Gasteiger charge is 2.11. The van der Waals surface area contributed by atoms with Crippen LogP contribution in [0.15, 0.2) is 6.20 Å². The van der Waals surface area contributed by atoms with E-state index < -0.39 is 0 Å². The molecule has 0 spiro atoms. The number of aryl methyl sites for hydroxylation is 1. The molecule has 0 aromatic carbocycles. The van der Waals surface area contributed by atoms with Gasteiger partial charge in [0.1, 0.15) is 3.70 Å². The van der Waals surface area contributed by atoms with Crippen LogP contribution in [-0.4, -0.2) is 15.6 Å². The fourth-order valence-electron chi connectivity index (χ4n) is 0.937. The Balaban J connectivity index is 2.99. The van der Waals surface area contributed by atoms with Crippen molar-refractivity contribution in [1.29, 1.82) is 0 Å². The zero-order valence-corrected chi connectivity index (χ0v) is 9.33. The second-order valence-corrected chi connectivity index (χ2v) is 3.49. The van der Waals surface area contributed by atoms with Gasteiger partial charge in [-0.05, 0) is 29.5 Å². The van der Waals surface area contributed by atoms with Crippen molar-refractivity contribution in [3.8, 4) is 0 Å². The number of nitrogens with zero attached hydrogens (tertiary/aromatic N) is 2. The Labute approximate surface area is 85.3 Å². The highest BCUT2D eigenvalue weighted by Crippen LogP contribution is 2.11. The molecule has 4 heteroatoms. The number of halogens is 1. The van der Waals surface area contributed by atoms with Gasteiger partial charge in [-0.2, -0.15) is 5.10 Å². The summed E-state index contributed by atoms with van der Waals surface area (Å²) in [5.41, 5.74) is 0.750. The fourth-order valence-corrected chi connectivity index (χ4v) is 1.65. The summed E-state index contributed by atoms with van der Waals surface area (Å²) in [6.07, 6.45) is 2.36. The Kier molecular flexibility index (Phi) is 3.25. The molecule has 0 aliphatic carbocycles. The molecule has 12 heavy (non-hydrogen) atoms. The van der Waals surface area contributed by atoms with Gasteiger partial charge in [-0.15, -0.1) is 0 Å². The fraction of sp³-hybridized carbons (Fsp3) is 0.500. The Bertz CT molecular complexity index is 293. The van der Waals surface area contributed by atoms with E-state index in [0.717, 1.165) is 15.8 Å². The van der Waals surface area contributed by atoms with E-state index in [9.17, 15) is 4.79 Å². The summed E-state index contributed by atoms with van der Waals surface area (Å²) in [4.78, 5) is 11.3. The van der Waals surface area contributed by atoms with Crippen LogP contribution in [0.5, 0.6) is 0 Å². The number of Topliss-reactive ketones (excluding diaryl/α,β-unsaturated/α-hetero) is 1. The highest BCUT2D eigenvalue weighted by atomic mass is 127. The van der Waals surface area contributed by atoms with E-state index in [4.69, 9.17) is 0 Å². The molecule has 0 radical (unpaired) electrons. The van der Waals surface area contributed by atoms with Crippen molar-refractivity contribution in [3.05, 3.63) is 15.5 Å². The molecule has 3 nitrogen and oxygen atoms in total. The number of hydrogen-bond acceptors (Lipinski definition) is 2. The van der Waals surface area contributed by atoms with Crippen LogP contribution in [0.1, 0.15) is 30.6 Å². The number of rotatable bonds is 3. The summed E-state index contributed by atoms with van der Waals surface area (Å²) >= 11 is 2.09. The third-order valence-corrected chi connectivity index (χ3v) is 2.46. The lowest BCUT2D eigenvalue weighted by atomic mass is 10.2. The number of carbonyl (C=O) groups excluding carboxylic acids is 1. The number of hydrogen-bond donors (Lipinski definition) is 0. The minimum Gasteiger partial charge on any atom is -0.294 e. The molecule has 0 N–H and O–H groups in total. The number of carbonyl (C=O) groups is 1.